The highest BCUT2D eigenvalue weighted by Gasteiger charge is 2.11. The van der Waals surface area contributed by atoms with Crippen molar-refractivity contribution in [1.29, 1.82) is 0 Å². The first-order valence-corrected chi connectivity index (χ1v) is 7.85. The first-order valence-electron chi connectivity index (χ1n) is 6.03. The van der Waals surface area contributed by atoms with Crippen LogP contribution in [0.15, 0.2) is 35.1 Å². The van der Waals surface area contributed by atoms with Crippen molar-refractivity contribution in [3.8, 4) is 0 Å². The molecule has 0 unspecified atom stereocenters. The van der Waals surface area contributed by atoms with Gasteiger partial charge < -0.3 is 5.73 Å². The summed E-state index contributed by atoms with van der Waals surface area (Å²) in [6, 6.07) is 8.80. The first-order chi connectivity index (χ1) is 8.94. The SMILES string of the molecule is CCS(=O)(=O)CCn1c(N)cc2ccccc2c1=O. The van der Waals surface area contributed by atoms with E-state index in [1.807, 2.05) is 6.07 Å². The van der Waals surface area contributed by atoms with Gasteiger partial charge in [-0.05, 0) is 17.5 Å². The fourth-order valence-corrected chi connectivity index (χ4v) is 2.67. The lowest BCUT2D eigenvalue weighted by Crippen LogP contribution is -2.27. The number of sulfone groups is 1. The van der Waals surface area contributed by atoms with Crippen LogP contribution in [0, 0.1) is 0 Å². The van der Waals surface area contributed by atoms with E-state index in [9.17, 15) is 13.2 Å². The average molecular weight is 280 g/mol. The molecular weight excluding hydrogens is 264 g/mol. The average Bonchev–Trinajstić information content (AvgIpc) is 2.38. The Morgan fingerprint density at radius 3 is 2.63 bits per heavy atom. The van der Waals surface area contributed by atoms with E-state index in [0.29, 0.717) is 5.39 Å². The van der Waals surface area contributed by atoms with Crippen molar-refractivity contribution in [2.75, 3.05) is 17.2 Å². The maximum absolute atomic E-state index is 12.2. The predicted octanol–water partition coefficient (Wildman–Crippen LogP) is 1.02. The van der Waals surface area contributed by atoms with Crippen LogP contribution in [-0.4, -0.2) is 24.5 Å². The highest BCUT2D eigenvalue weighted by atomic mass is 32.2. The van der Waals surface area contributed by atoms with Gasteiger partial charge in [-0.1, -0.05) is 25.1 Å². The van der Waals surface area contributed by atoms with Crippen molar-refractivity contribution in [3.63, 3.8) is 0 Å². The fourth-order valence-electron chi connectivity index (χ4n) is 1.92. The molecule has 0 spiro atoms. The molecule has 0 amide bonds. The van der Waals surface area contributed by atoms with Crippen LogP contribution in [-0.2, 0) is 16.4 Å². The Bertz CT molecular complexity index is 763. The summed E-state index contributed by atoms with van der Waals surface area (Å²) in [5.74, 6) is 0.274. The maximum atomic E-state index is 12.2. The number of hydrogen-bond donors (Lipinski definition) is 1. The second-order valence-corrected chi connectivity index (χ2v) is 6.82. The van der Waals surface area contributed by atoms with Gasteiger partial charge in [0.15, 0.2) is 9.84 Å². The molecule has 0 saturated heterocycles. The third-order valence-corrected chi connectivity index (χ3v) is 4.80. The van der Waals surface area contributed by atoms with E-state index in [-0.39, 0.29) is 29.4 Å². The van der Waals surface area contributed by atoms with Crippen molar-refractivity contribution in [1.82, 2.24) is 4.57 Å². The van der Waals surface area contributed by atoms with Gasteiger partial charge in [0.05, 0.1) is 5.75 Å². The van der Waals surface area contributed by atoms with Gasteiger partial charge in [0.1, 0.15) is 5.82 Å². The minimum atomic E-state index is -3.12. The molecule has 0 fully saturated rings. The zero-order valence-electron chi connectivity index (χ0n) is 10.7. The van der Waals surface area contributed by atoms with E-state index in [0.717, 1.165) is 5.39 Å². The Morgan fingerprint density at radius 2 is 1.95 bits per heavy atom. The smallest absolute Gasteiger partial charge is 0.260 e. The quantitative estimate of drug-likeness (QED) is 0.906. The summed E-state index contributed by atoms with van der Waals surface area (Å²) in [5, 5.41) is 1.31. The molecule has 19 heavy (non-hydrogen) atoms. The lowest BCUT2D eigenvalue weighted by Gasteiger charge is -2.11. The lowest BCUT2D eigenvalue weighted by atomic mass is 10.1. The Morgan fingerprint density at radius 1 is 1.26 bits per heavy atom. The third-order valence-electron chi connectivity index (χ3n) is 3.12. The van der Waals surface area contributed by atoms with Gasteiger partial charge in [-0.15, -0.1) is 0 Å². The zero-order chi connectivity index (χ0) is 14.0. The highest BCUT2D eigenvalue weighted by molar-refractivity contribution is 7.91. The van der Waals surface area contributed by atoms with Crippen LogP contribution in [0.5, 0.6) is 0 Å². The second-order valence-electron chi connectivity index (χ2n) is 4.35. The minimum absolute atomic E-state index is 0.0647. The van der Waals surface area contributed by atoms with Crippen LogP contribution in [0.1, 0.15) is 6.92 Å². The Hall–Kier alpha value is -1.82. The standard InChI is InChI=1S/C13H16N2O3S/c1-2-19(17,18)8-7-15-12(14)9-10-5-3-4-6-11(10)13(15)16/h3-6,9H,2,7-8,14H2,1H3. The number of hydrogen-bond acceptors (Lipinski definition) is 4. The zero-order valence-corrected chi connectivity index (χ0v) is 11.5. The van der Waals surface area contributed by atoms with Crippen molar-refractivity contribution >= 4 is 26.4 Å². The number of pyridine rings is 1. The topological polar surface area (TPSA) is 82.2 Å². The molecule has 0 atom stereocenters. The highest BCUT2D eigenvalue weighted by Crippen LogP contribution is 2.13. The third kappa shape index (κ3) is 2.78. The van der Waals surface area contributed by atoms with Gasteiger partial charge in [0.25, 0.3) is 5.56 Å². The van der Waals surface area contributed by atoms with Gasteiger partial charge in [0, 0.05) is 17.7 Å². The van der Waals surface area contributed by atoms with E-state index in [1.54, 1.807) is 31.2 Å². The largest absolute Gasteiger partial charge is 0.385 e. The number of nitrogens with two attached hydrogens (primary N) is 1. The Balaban J connectivity index is 2.47. The number of rotatable bonds is 4. The summed E-state index contributed by atoms with van der Waals surface area (Å²) in [4.78, 5) is 12.2. The van der Waals surface area contributed by atoms with Crippen molar-refractivity contribution in [2.24, 2.45) is 0 Å². The first kappa shape index (κ1) is 13.6. The molecule has 0 aliphatic rings. The van der Waals surface area contributed by atoms with Gasteiger partial charge in [-0.3, -0.25) is 9.36 Å². The van der Waals surface area contributed by atoms with Crippen LogP contribution < -0.4 is 11.3 Å². The molecule has 1 aromatic carbocycles. The molecule has 0 bridgehead atoms. The van der Waals surface area contributed by atoms with E-state index in [4.69, 9.17) is 5.73 Å². The van der Waals surface area contributed by atoms with Gasteiger partial charge >= 0.3 is 0 Å². The normalized spacial score (nSPS) is 11.8. The van der Waals surface area contributed by atoms with Crippen molar-refractivity contribution in [2.45, 2.75) is 13.5 Å². The monoisotopic (exact) mass is 280 g/mol. The van der Waals surface area contributed by atoms with Crippen molar-refractivity contribution < 1.29 is 8.42 Å². The summed E-state index contributed by atoms with van der Waals surface area (Å²) >= 11 is 0. The molecule has 2 N–H and O–H groups in total. The molecular formula is C13H16N2O3S. The maximum Gasteiger partial charge on any atom is 0.260 e. The van der Waals surface area contributed by atoms with Gasteiger partial charge in [-0.2, -0.15) is 0 Å². The van der Waals surface area contributed by atoms with Crippen LogP contribution in [0.2, 0.25) is 0 Å². The van der Waals surface area contributed by atoms with Gasteiger partial charge in [0.2, 0.25) is 0 Å². The molecule has 0 saturated carbocycles. The molecule has 2 aromatic rings. The second kappa shape index (κ2) is 5.05. The van der Waals surface area contributed by atoms with Crippen LogP contribution in [0.25, 0.3) is 10.8 Å². The lowest BCUT2D eigenvalue weighted by molar-refractivity contribution is 0.589. The minimum Gasteiger partial charge on any atom is -0.385 e. The summed E-state index contributed by atoms with van der Waals surface area (Å²) in [6.07, 6.45) is 0. The van der Waals surface area contributed by atoms with Crippen LogP contribution in [0.3, 0.4) is 0 Å². The van der Waals surface area contributed by atoms with E-state index >= 15 is 0 Å². The Labute approximate surface area is 111 Å². The molecule has 5 nitrogen and oxygen atoms in total. The van der Waals surface area contributed by atoms with E-state index in [1.165, 1.54) is 4.57 Å². The fraction of sp³-hybridized carbons (Fsp3) is 0.308. The molecule has 0 aliphatic heterocycles. The van der Waals surface area contributed by atoms with Crippen molar-refractivity contribution in [3.05, 3.63) is 40.7 Å². The summed E-state index contributed by atoms with van der Waals surface area (Å²) < 4.78 is 24.3. The van der Waals surface area contributed by atoms with E-state index < -0.39 is 9.84 Å². The number of nitrogen functional groups attached to an aromatic ring is 1. The molecule has 102 valence electrons. The number of fused-ring (bicyclic) bond motifs is 1. The summed E-state index contributed by atoms with van der Waals surface area (Å²) in [5.41, 5.74) is 5.58. The summed E-state index contributed by atoms with van der Waals surface area (Å²) in [7, 11) is -3.12. The molecule has 6 heteroatoms. The van der Waals surface area contributed by atoms with Gasteiger partial charge in [-0.25, -0.2) is 8.42 Å². The van der Waals surface area contributed by atoms with E-state index in [2.05, 4.69) is 0 Å². The number of aromatic nitrogens is 1. The molecule has 1 heterocycles. The molecule has 0 aliphatic carbocycles. The molecule has 0 radical (unpaired) electrons. The molecule has 1 aromatic heterocycles. The summed E-state index contributed by atoms with van der Waals surface area (Å²) in [6.45, 7) is 1.67. The molecule has 2 rings (SSSR count). The van der Waals surface area contributed by atoms with Crippen LogP contribution in [0.4, 0.5) is 5.82 Å². The Kier molecular flexibility index (Phi) is 3.61. The number of nitrogens with zero attached hydrogens (tertiary/aromatic N) is 1. The number of benzene rings is 1. The predicted molar refractivity (Wildman–Crippen MR) is 76.9 cm³/mol. The van der Waals surface area contributed by atoms with Crippen LogP contribution >= 0.6 is 0 Å². The number of anilines is 1.